The lowest BCUT2D eigenvalue weighted by atomic mass is 9.75. The van der Waals surface area contributed by atoms with E-state index in [4.69, 9.17) is 0 Å². The van der Waals surface area contributed by atoms with Crippen LogP contribution in [0.25, 0.3) is 0 Å². The highest BCUT2D eigenvalue weighted by atomic mass is 16.3. The van der Waals surface area contributed by atoms with Gasteiger partial charge in [0.2, 0.25) is 0 Å². The number of carbonyl (C=O) groups is 1. The number of benzene rings is 1. The molecule has 1 aromatic carbocycles. The molecule has 1 aromatic rings. The van der Waals surface area contributed by atoms with E-state index >= 15 is 0 Å². The van der Waals surface area contributed by atoms with E-state index in [0.717, 1.165) is 30.7 Å². The lowest BCUT2D eigenvalue weighted by Crippen LogP contribution is -2.51. The van der Waals surface area contributed by atoms with E-state index in [1.165, 1.54) is 63.4 Å². The fraction of sp³-hybridized carbons (Fsp3) is 0.731. The molecule has 3 saturated heterocycles. The van der Waals surface area contributed by atoms with Crippen molar-refractivity contribution in [3.63, 3.8) is 0 Å². The van der Waals surface area contributed by atoms with E-state index in [9.17, 15) is 9.90 Å². The van der Waals surface area contributed by atoms with Crippen LogP contribution < -0.4 is 5.32 Å². The van der Waals surface area contributed by atoms with Crippen molar-refractivity contribution in [2.75, 3.05) is 6.54 Å². The molecule has 0 bridgehead atoms. The lowest BCUT2D eigenvalue weighted by Gasteiger charge is -2.39. The molecule has 0 radical (unpaired) electrons. The van der Waals surface area contributed by atoms with E-state index in [0.29, 0.717) is 35.9 Å². The van der Waals surface area contributed by atoms with Crippen molar-refractivity contribution in [3.05, 3.63) is 35.4 Å². The van der Waals surface area contributed by atoms with Crippen LogP contribution in [0.15, 0.2) is 24.3 Å². The first-order chi connectivity index (χ1) is 14.7. The Balaban J connectivity index is 1.26. The Morgan fingerprint density at radius 1 is 1.00 bits per heavy atom. The fourth-order valence-electron chi connectivity index (χ4n) is 7.95. The van der Waals surface area contributed by atoms with Crippen molar-refractivity contribution >= 4 is 6.29 Å². The predicted molar refractivity (Wildman–Crippen MR) is 117 cm³/mol. The van der Waals surface area contributed by atoms with Crippen LogP contribution in [0.1, 0.15) is 86.0 Å². The minimum atomic E-state index is -0.576. The molecular formula is C26H36N2O2. The molecule has 0 amide bonds. The first kappa shape index (κ1) is 19.5. The summed E-state index contributed by atoms with van der Waals surface area (Å²) in [6.45, 7) is 0.851. The summed E-state index contributed by atoms with van der Waals surface area (Å²) in [6.07, 6.45) is 14.0. The molecule has 5 aliphatic rings. The summed E-state index contributed by atoms with van der Waals surface area (Å²) in [6, 6.07) is 9.94. The van der Waals surface area contributed by atoms with Crippen LogP contribution >= 0.6 is 0 Å². The number of hydrogen-bond acceptors (Lipinski definition) is 4. The first-order valence-electron chi connectivity index (χ1n) is 12.5. The van der Waals surface area contributed by atoms with Crippen molar-refractivity contribution in [3.8, 4) is 0 Å². The molecule has 0 spiro atoms. The fourth-order valence-corrected chi connectivity index (χ4v) is 7.95. The van der Waals surface area contributed by atoms with Crippen LogP contribution in [0.4, 0.5) is 0 Å². The van der Waals surface area contributed by atoms with E-state index < -0.39 is 5.72 Å². The number of hydrogen-bond donors (Lipinski definition) is 2. The Kier molecular flexibility index (Phi) is 4.82. The summed E-state index contributed by atoms with van der Waals surface area (Å²) in [5, 5.41) is 15.5. The van der Waals surface area contributed by atoms with Gasteiger partial charge in [0.1, 0.15) is 12.0 Å². The smallest absolute Gasteiger partial charge is 0.150 e. The van der Waals surface area contributed by atoms with Crippen molar-refractivity contribution in [1.29, 1.82) is 0 Å². The Labute approximate surface area is 180 Å². The molecule has 3 heterocycles. The number of piperidine rings is 2. The monoisotopic (exact) mass is 408 g/mol. The van der Waals surface area contributed by atoms with Gasteiger partial charge in [-0.1, -0.05) is 43.5 Å². The zero-order chi connectivity index (χ0) is 20.3. The van der Waals surface area contributed by atoms with Crippen molar-refractivity contribution in [1.82, 2.24) is 10.2 Å². The van der Waals surface area contributed by atoms with Gasteiger partial charge in [-0.3, -0.25) is 9.69 Å². The third-order valence-corrected chi connectivity index (χ3v) is 9.49. The van der Waals surface area contributed by atoms with Gasteiger partial charge in [0, 0.05) is 42.1 Å². The van der Waals surface area contributed by atoms with Crippen LogP contribution in [0.2, 0.25) is 0 Å². The number of carbonyl (C=O) groups excluding carboxylic acids is 1. The molecule has 0 aromatic heterocycles. The van der Waals surface area contributed by atoms with Gasteiger partial charge in [-0.05, 0) is 62.3 Å². The van der Waals surface area contributed by atoms with E-state index in [1.54, 1.807) is 0 Å². The second-order valence-corrected chi connectivity index (χ2v) is 10.9. The molecule has 30 heavy (non-hydrogen) atoms. The van der Waals surface area contributed by atoms with Gasteiger partial charge in [0.15, 0.2) is 0 Å². The first-order valence-corrected chi connectivity index (χ1v) is 12.5. The maximum Gasteiger partial charge on any atom is 0.150 e. The van der Waals surface area contributed by atoms with Crippen molar-refractivity contribution in [2.45, 2.75) is 94.0 Å². The second-order valence-electron chi connectivity index (χ2n) is 10.9. The second kappa shape index (κ2) is 7.43. The lowest BCUT2D eigenvalue weighted by molar-refractivity contribution is 0.0324. The quantitative estimate of drug-likeness (QED) is 0.569. The van der Waals surface area contributed by atoms with Gasteiger partial charge in [-0.15, -0.1) is 0 Å². The maximum absolute atomic E-state index is 11.6. The largest absolute Gasteiger partial charge is 0.374 e. The number of fused-ring (bicyclic) bond motifs is 2. The molecule has 162 valence electrons. The summed E-state index contributed by atoms with van der Waals surface area (Å²) < 4.78 is 0. The highest BCUT2D eigenvalue weighted by Crippen LogP contribution is 2.57. The third kappa shape index (κ3) is 3.10. The van der Waals surface area contributed by atoms with Crippen LogP contribution in [0, 0.1) is 17.8 Å². The topological polar surface area (TPSA) is 52.3 Å². The van der Waals surface area contributed by atoms with Crippen molar-refractivity contribution < 1.29 is 9.90 Å². The number of nitrogens with zero attached hydrogens (tertiary/aromatic N) is 1. The average Bonchev–Trinajstić information content (AvgIpc) is 3.21. The van der Waals surface area contributed by atoms with Crippen LogP contribution in [-0.2, 0) is 0 Å². The summed E-state index contributed by atoms with van der Waals surface area (Å²) in [5.74, 6) is 2.43. The Morgan fingerprint density at radius 3 is 2.57 bits per heavy atom. The Morgan fingerprint density at radius 2 is 1.80 bits per heavy atom. The Bertz CT molecular complexity index is 789. The van der Waals surface area contributed by atoms with E-state index in [1.807, 2.05) is 12.1 Å². The summed E-state index contributed by atoms with van der Waals surface area (Å²) in [4.78, 5) is 13.6. The highest BCUT2D eigenvalue weighted by molar-refractivity contribution is 5.74. The number of aldehydes is 1. The molecule has 8 unspecified atom stereocenters. The molecule has 2 saturated carbocycles. The molecule has 4 nitrogen and oxygen atoms in total. The summed E-state index contributed by atoms with van der Waals surface area (Å²) >= 11 is 0. The minimum absolute atomic E-state index is 0.363. The number of rotatable bonds is 5. The zero-order valence-electron chi connectivity index (χ0n) is 18.0. The summed E-state index contributed by atoms with van der Waals surface area (Å²) in [7, 11) is 0. The van der Waals surface area contributed by atoms with E-state index in [2.05, 4.69) is 22.3 Å². The standard InChI is InChI=1S/C26H36N2O2/c29-15-17-8-10-20(11-9-17)25(19-4-1-2-5-19)24-14-21(26(30)16-28(24)26)23-13-12-18-6-3-7-22(18)27-23/h8-11,15,18-19,21-25,27,30H,1-7,12-14,16H2. The minimum Gasteiger partial charge on any atom is -0.374 e. The van der Waals surface area contributed by atoms with Crippen LogP contribution in [-0.4, -0.2) is 46.7 Å². The number of nitrogens with one attached hydrogen (secondary N) is 1. The van der Waals surface area contributed by atoms with Gasteiger partial charge in [0.25, 0.3) is 0 Å². The average molecular weight is 409 g/mol. The van der Waals surface area contributed by atoms with Gasteiger partial charge in [0.05, 0.1) is 0 Å². The maximum atomic E-state index is 11.6. The zero-order valence-corrected chi connectivity index (χ0v) is 18.0. The SMILES string of the molecule is O=Cc1ccc(C(C2CCCC2)C2CC(C3CCC4CCCC4N3)C3(O)CN23)cc1. The molecule has 3 aliphatic heterocycles. The Hall–Kier alpha value is -1.23. The van der Waals surface area contributed by atoms with Crippen molar-refractivity contribution in [2.24, 2.45) is 17.8 Å². The van der Waals surface area contributed by atoms with Gasteiger partial charge < -0.3 is 10.4 Å². The van der Waals surface area contributed by atoms with Crippen LogP contribution in [0.5, 0.6) is 0 Å². The normalized spacial score (nSPS) is 43.9. The summed E-state index contributed by atoms with van der Waals surface area (Å²) in [5.41, 5.74) is 1.56. The van der Waals surface area contributed by atoms with Gasteiger partial charge in [-0.2, -0.15) is 0 Å². The van der Waals surface area contributed by atoms with Gasteiger partial charge in [-0.25, -0.2) is 0 Å². The molecule has 2 aliphatic carbocycles. The molecule has 5 fully saturated rings. The number of aliphatic hydroxyl groups is 1. The van der Waals surface area contributed by atoms with E-state index in [-0.39, 0.29) is 0 Å². The predicted octanol–water partition coefficient (Wildman–Crippen LogP) is 4.09. The highest BCUT2D eigenvalue weighted by Gasteiger charge is 2.68. The van der Waals surface area contributed by atoms with Gasteiger partial charge >= 0.3 is 0 Å². The molecule has 2 N–H and O–H groups in total. The molecular weight excluding hydrogens is 372 g/mol. The van der Waals surface area contributed by atoms with Crippen LogP contribution in [0.3, 0.4) is 0 Å². The molecule has 8 atom stereocenters. The molecule has 6 rings (SSSR count). The molecule has 4 heteroatoms. The third-order valence-electron chi connectivity index (χ3n) is 9.49.